The van der Waals surface area contributed by atoms with Gasteiger partial charge in [0, 0.05) is 22.0 Å². The molecule has 1 aromatic rings. The Kier molecular flexibility index (Phi) is 5.35. The summed E-state index contributed by atoms with van der Waals surface area (Å²) in [6, 6.07) is 1.67. The Morgan fingerprint density at radius 3 is 2.87 bits per heavy atom. The monoisotopic (exact) mass is 403 g/mol. The molecule has 1 aromatic heterocycles. The number of amidine groups is 1. The van der Waals surface area contributed by atoms with Gasteiger partial charge in [-0.3, -0.25) is 10.3 Å². The molecule has 0 fully saturated rings. The van der Waals surface area contributed by atoms with Gasteiger partial charge in [-0.2, -0.15) is 4.39 Å². The number of alkyl carbamates (subject to hydrolysis) is 1. The molecule has 0 aliphatic carbocycles. The minimum absolute atomic E-state index is 0.399. The van der Waals surface area contributed by atoms with E-state index < -0.39 is 23.2 Å². The normalized spacial score (nSPS) is 21.6. The number of carbonyl (C=O) groups excluding carboxylic acids is 1. The number of thioether (sulfide) groups is 1. The smallest absolute Gasteiger partial charge is 0.413 e. The zero-order chi connectivity index (χ0) is 17.3. The number of hydrogen-bond donors (Lipinski definition) is 1. The fourth-order valence-corrected chi connectivity index (χ4v) is 3.55. The van der Waals surface area contributed by atoms with Crippen molar-refractivity contribution < 1.29 is 13.9 Å². The van der Waals surface area contributed by atoms with Crippen LogP contribution in [0.4, 0.5) is 9.18 Å². The molecule has 5 nitrogen and oxygen atoms in total. The predicted octanol–water partition coefficient (Wildman–Crippen LogP) is 4.22. The first kappa shape index (κ1) is 18.2. The van der Waals surface area contributed by atoms with Crippen LogP contribution in [-0.4, -0.2) is 27.6 Å². The van der Waals surface area contributed by atoms with Crippen LogP contribution in [0.1, 0.15) is 39.7 Å². The van der Waals surface area contributed by atoms with Crippen molar-refractivity contribution in [2.45, 2.75) is 45.3 Å². The lowest BCUT2D eigenvalue weighted by molar-refractivity contribution is 0.0564. The lowest BCUT2D eigenvalue weighted by Crippen LogP contribution is -2.39. The van der Waals surface area contributed by atoms with Crippen LogP contribution in [0.3, 0.4) is 0 Å². The highest BCUT2D eigenvalue weighted by Gasteiger charge is 2.34. The van der Waals surface area contributed by atoms with Crippen LogP contribution in [0, 0.1) is 5.95 Å². The third kappa shape index (κ3) is 4.91. The van der Waals surface area contributed by atoms with E-state index in [4.69, 9.17) is 4.74 Å². The Morgan fingerprint density at radius 1 is 1.52 bits per heavy atom. The molecule has 0 aromatic carbocycles. The largest absolute Gasteiger partial charge is 0.444 e. The van der Waals surface area contributed by atoms with Crippen LogP contribution in [0.25, 0.3) is 0 Å². The average Bonchev–Trinajstić information content (AvgIpc) is 2.39. The molecule has 8 heteroatoms. The molecule has 2 heterocycles. The lowest BCUT2D eigenvalue weighted by atomic mass is 9.91. The minimum atomic E-state index is -0.781. The number of amides is 1. The summed E-state index contributed by atoms with van der Waals surface area (Å²) in [5.74, 6) is 0.153. The van der Waals surface area contributed by atoms with Crippen molar-refractivity contribution in [1.29, 1.82) is 0 Å². The molecule has 0 saturated carbocycles. The van der Waals surface area contributed by atoms with Gasteiger partial charge in [0.25, 0.3) is 0 Å². The van der Waals surface area contributed by atoms with Crippen LogP contribution in [0.15, 0.2) is 21.7 Å². The van der Waals surface area contributed by atoms with Crippen LogP contribution < -0.4 is 5.32 Å². The molecule has 1 N–H and O–H groups in total. The number of aromatic nitrogens is 1. The van der Waals surface area contributed by atoms with Gasteiger partial charge in [0.1, 0.15) is 5.60 Å². The number of rotatable bonds is 1. The first-order chi connectivity index (χ1) is 10.6. The summed E-state index contributed by atoms with van der Waals surface area (Å²) in [7, 11) is 0. The Balaban J connectivity index is 2.23. The molecule has 0 spiro atoms. The summed E-state index contributed by atoms with van der Waals surface area (Å²) >= 11 is 4.71. The molecular weight excluding hydrogens is 385 g/mol. The van der Waals surface area contributed by atoms with Crippen molar-refractivity contribution in [1.82, 2.24) is 10.3 Å². The minimum Gasteiger partial charge on any atom is -0.444 e. The second kappa shape index (κ2) is 6.76. The van der Waals surface area contributed by atoms with Crippen LogP contribution in [-0.2, 0) is 10.3 Å². The molecule has 1 amide bonds. The zero-order valence-electron chi connectivity index (χ0n) is 13.4. The number of halogens is 2. The molecule has 23 heavy (non-hydrogen) atoms. The first-order valence-electron chi connectivity index (χ1n) is 7.13. The van der Waals surface area contributed by atoms with Gasteiger partial charge in [-0.15, -0.1) is 0 Å². The maximum atomic E-state index is 14.1. The van der Waals surface area contributed by atoms with Crippen molar-refractivity contribution >= 4 is 39.0 Å². The second-order valence-corrected chi connectivity index (χ2v) is 8.41. The molecule has 1 aliphatic heterocycles. The predicted molar refractivity (Wildman–Crippen MR) is 93.1 cm³/mol. The first-order valence-corrected chi connectivity index (χ1v) is 8.91. The van der Waals surface area contributed by atoms with E-state index in [0.29, 0.717) is 27.4 Å². The SMILES string of the molecule is CC(C)(C)OC(=O)NC1=N[C@](C)(c2cc(Br)cnc2F)CCS1. The standard InChI is InChI=1S/C15H19BrFN3O2S/c1-14(2,3)22-13(21)19-12-20-15(4,5-6-23-12)10-7-9(16)8-18-11(10)17/h7-8H,5-6H2,1-4H3,(H,19,20,21)/t15-/m0/s1. The Hall–Kier alpha value is -1.15. The molecule has 0 bridgehead atoms. The van der Waals surface area contributed by atoms with Gasteiger partial charge < -0.3 is 4.74 Å². The number of nitrogens with zero attached hydrogens (tertiary/aromatic N) is 2. The molecule has 0 unspecified atom stereocenters. The number of carbonyl (C=O) groups is 1. The van der Waals surface area contributed by atoms with Crippen LogP contribution in [0.2, 0.25) is 0 Å². The van der Waals surface area contributed by atoms with Gasteiger partial charge in [0.05, 0.1) is 5.54 Å². The maximum absolute atomic E-state index is 14.1. The van der Waals surface area contributed by atoms with Gasteiger partial charge in [-0.05, 0) is 56.1 Å². The van der Waals surface area contributed by atoms with E-state index >= 15 is 0 Å². The highest BCUT2D eigenvalue weighted by atomic mass is 79.9. The lowest BCUT2D eigenvalue weighted by Gasteiger charge is -2.31. The van der Waals surface area contributed by atoms with E-state index in [2.05, 4.69) is 31.2 Å². The second-order valence-electron chi connectivity index (χ2n) is 6.41. The molecule has 1 aliphatic rings. The fourth-order valence-electron chi connectivity index (χ4n) is 2.11. The summed E-state index contributed by atoms with van der Waals surface area (Å²) in [5.41, 5.74) is -0.972. The Morgan fingerprint density at radius 2 is 2.22 bits per heavy atom. The van der Waals surface area contributed by atoms with Gasteiger partial charge in [0.2, 0.25) is 5.95 Å². The van der Waals surface area contributed by atoms with Crippen LogP contribution in [0.5, 0.6) is 0 Å². The molecule has 0 saturated heterocycles. The summed E-state index contributed by atoms with van der Waals surface area (Å²) in [6.07, 6.45) is 1.48. The van der Waals surface area contributed by atoms with Gasteiger partial charge in [-0.25, -0.2) is 9.78 Å². The number of ether oxygens (including phenoxy) is 1. The van der Waals surface area contributed by atoms with E-state index in [1.165, 1.54) is 18.0 Å². The Bertz CT molecular complexity index is 648. The van der Waals surface area contributed by atoms with E-state index in [0.717, 1.165) is 0 Å². The van der Waals surface area contributed by atoms with E-state index in [1.54, 1.807) is 26.8 Å². The quantitative estimate of drug-likeness (QED) is 0.712. The van der Waals surface area contributed by atoms with Crippen molar-refractivity contribution in [2.75, 3.05) is 5.75 Å². The Labute approximate surface area is 147 Å². The van der Waals surface area contributed by atoms with Crippen molar-refractivity contribution in [3.05, 3.63) is 28.2 Å². The highest BCUT2D eigenvalue weighted by molar-refractivity contribution is 9.10. The molecule has 2 rings (SSSR count). The molecule has 126 valence electrons. The van der Waals surface area contributed by atoms with Gasteiger partial charge in [-0.1, -0.05) is 11.8 Å². The van der Waals surface area contributed by atoms with Gasteiger partial charge >= 0.3 is 6.09 Å². The maximum Gasteiger partial charge on any atom is 0.413 e. The number of aliphatic imine (C=N–C) groups is 1. The number of pyridine rings is 1. The number of nitrogens with one attached hydrogen (secondary N) is 1. The average molecular weight is 404 g/mol. The zero-order valence-corrected chi connectivity index (χ0v) is 15.8. The van der Waals surface area contributed by atoms with Crippen molar-refractivity contribution in [3.63, 3.8) is 0 Å². The van der Waals surface area contributed by atoms with Crippen molar-refractivity contribution in [2.24, 2.45) is 4.99 Å². The summed E-state index contributed by atoms with van der Waals surface area (Å²) in [4.78, 5) is 20.1. The van der Waals surface area contributed by atoms with Crippen molar-refractivity contribution in [3.8, 4) is 0 Å². The summed E-state index contributed by atoms with van der Waals surface area (Å²) < 4.78 is 20.0. The fraction of sp³-hybridized carbons (Fsp3) is 0.533. The van der Waals surface area contributed by atoms with Crippen LogP contribution >= 0.6 is 27.7 Å². The van der Waals surface area contributed by atoms with E-state index in [9.17, 15) is 9.18 Å². The summed E-state index contributed by atoms with van der Waals surface area (Å²) in [6.45, 7) is 7.19. The third-order valence-corrected chi connectivity index (χ3v) is 4.48. The number of hydrogen-bond acceptors (Lipinski definition) is 5. The molecule has 1 atom stereocenters. The summed E-state index contributed by atoms with van der Waals surface area (Å²) in [5, 5.41) is 3.06. The third-order valence-electron chi connectivity index (χ3n) is 3.17. The highest BCUT2D eigenvalue weighted by Crippen LogP contribution is 2.37. The van der Waals surface area contributed by atoms with E-state index in [1.807, 2.05) is 6.92 Å². The topological polar surface area (TPSA) is 63.6 Å². The van der Waals surface area contributed by atoms with Gasteiger partial charge in [0.15, 0.2) is 5.17 Å². The van der Waals surface area contributed by atoms with E-state index in [-0.39, 0.29) is 0 Å². The molecular formula is C15H19BrFN3O2S. The molecule has 0 radical (unpaired) electrons.